The normalized spacial score (nSPS) is 11.4. The van der Waals surface area contributed by atoms with Crippen molar-refractivity contribution in [2.75, 3.05) is 16.8 Å². The topological polar surface area (TPSA) is 116 Å². The predicted octanol–water partition coefficient (Wildman–Crippen LogP) is 1.03. The van der Waals surface area contributed by atoms with E-state index in [2.05, 4.69) is 5.32 Å². The summed E-state index contributed by atoms with van der Waals surface area (Å²) in [5, 5.41) is 19.9. The third-order valence-corrected chi connectivity index (χ3v) is 3.41. The molecule has 106 valence electrons. The monoisotopic (exact) mass is 293 g/mol. The lowest BCUT2D eigenvalue weighted by Crippen LogP contribution is -2.30. The average Bonchev–Trinajstić information content (AvgIpc) is 2.44. The van der Waals surface area contributed by atoms with Crippen LogP contribution in [0, 0.1) is 11.3 Å². The van der Waals surface area contributed by atoms with Crippen molar-refractivity contribution in [3.63, 3.8) is 0 Å². The summed E-state index contributed by atoms with van der Waals surface area (Å²) in [4.78, 5) is 22.1. The highest BCUT2D eigenvalue weighted by Gasteiger charge is 2.11. The molecule has 0 bridgehead atoms. The number of nitriles is 1. The largest absolute Gasteiger partial charge is 0.480 e. The summed E-state index contributed by atoms with van der Waals surface area (Å²) < 4.78 is 0. The van der Waals surface area contributed by atoms with Crippen molar-refractivity contribution < 1.29 is 14.7 Å². The lowest BCUT2D eigenvalue weighted by molar-refractivity contribution is -0.138. The molecule has 4 N–H and O–H groups in total. The van der Waals surface area contributed by atoms with E-state index in [0.29, 0.717) is 23.4 Å². The van der Waals surface area contributed by atoms with E-state index in [9.17, 15) is 9.59 Å². The van der Waals surface area contributed by atoms with Crippen LogP contribution in [0.5, 0.6) is 0 Å². The third-order valence-electron chi connectivity index (χ3n) is 2.42. The van der Waals surface area contributed by atoms with Crippen LogP contribution in [0.15, 0.2) is 24.3 Å². The maximum Gasteiger partial charge on any atom is 0.320 e. The van der Waals surface area contributed by atoms with E-state index in [-0.39, 0.29) is 11.7 Å². The van der Waals surface area contributed by atoms with Crippen LogP contribution < -0.4 is 11.1 Å². The number of hydrogen-bond donors (Lipinski definition) is 3. The molecule has 0 spiro atoms. The summed E-state index contributed by atoms with van der Waals surface area (Å²) in [7, 11) is 0. The minimum absolute atomic E-state index is 0.177. The average molecular weight is 293 g/mol. The molecule has 0 fully saturated rings. The maximum atomic E-state index is 11.6. The number of carbonyl (C=O) groups excluding carboxylic acids is 1. The molecule has 0 saturated heterocycles. The van der Waals surface area contributed by atoms with E-state index in [4.69, 9.17) is 16.1 Å². The van der Waals surface area contributed by atoms with E-state index in [1.54, 1.807) is 24.3 Å². The number of nitrogens with zero attached hydrogens (tertiary/aromatic N) is 1. The van der Waals surface area contributed by atoms with Gasteiger partial charge in [0, 0.05) is 5.69 Å². The van der Waals surface area contributed by atoms with E-state index >= 15 is 0 Å². The van der Waals surface area contributed by atoms with Crippen LogP contribution in [-0.2, 0) is 9.59 Å². The van der Waals surface area contributed by atoms with Gasteiger partial charge in [-0.25, -0.2) is 0 Å². The molecule has 0 aliphatic carbocycles. The smallest absolute Gasteiger partial charge is 0.320 e. The third kappa shape index (κ3) is 5.73. The molecule has 1 amide bonds. The molecule has 1 aromatic carbocycles. The van der Waals surface area contributed by atoms with Crippen molar-refractivity contribution in [2.45, 2.75) is 12.5 Å². The molecule has 1 aromatic rings. The second-order valence-corrected chi connectivity index (χ2v) is 5.13. The summed E-state index contributed by atoms with van der Waals surface area (Å²) in [5.41, 5.74) is 6.49. The van der Waals surface area contributed by atoms with Gasteiger partial charge < -0.3 is 16.2 Å². The molecular weight excluding hydrogens is 278 g/mol. The van der Waals surface area contributed by atoms with Gasteiger partial charge in [-0.15, -0.1) is 0 Å². The van der Waals surface area contributed by atoms with Crippen molar-refractivity contribution in [2.24, 2.45) is 5.73 Å². The summed E-state index contributed by atoms with van der Waals surface area (Å²) in [6, 6.07) is 7.66. The highest BCUT2D eigenvalue weighted by molar-refractivity contribution is 7.99. The van der Waals surface area contributed by atoms with Crippen molar-refractivity contribution in [1.82, 2.24) is 0 Å². The number of hydrogen-bond acceptors (Lipinski definition) is 5. The van der Waals surface area contributed by atoms with Crippen LogP contribution in [0.2, 0.25) is 0 Å². The van der Waals surface area contributed by atoms with E-state index in [0.717, 1.165) is 0 Å². The summed E-state index contributed by atoms with van der Waals surface area (Å²) in [5.74, 6) is -0.475. The zero-order valence-corrected chi connectivity index (χ0v) is 11.5. The number of nitrogens with one attached hydrogen (secondary N) is 1. The SMILES string of the molecule is N#Cc1ccc(NC(=O)CSCCC(N)C(=O)O)cc1. The fourth-order valence-electron chi connectivity index (χ4n) is 1.32. The van der Waals surface area contributed by atoms with Crippen LogP contribution in [0.1, 0.15) is 12.0 Å². The molecule has 0 heterocycles. The van der Waals surface area contributed by atoms with Gasteiger partial charge in [-0.05, 0) is 36.4 Å². The zero-order valence-electron chi connectivity index (χ0n) is 10.7. The Labute approximate surface area is 121 Å². The number of rotatable bonds is 7. The highest BCUT2D eigenvalue weighted by Crippen LogP contribution is 2.10. The quantitative estimate of drug-likeness (QED) is 0.647. The van der Waals surface area contributed by atoms with Crippen LogP contribution in [-0.4, -0.2) is 34.5 Å². The van der Waals surface area contributed by atoms with Gasteiger partial charge in [0.2, 0.25) is 5.91 Å². The van der Waals surface area contributed by atoms with E-state index in [1.807, 2.05) is 6.07 Å². The van der Waals surface area contributed by atoms with Gasteiger partial charge in [0.1, 0.15) is 6.04 Å². The number of carboxylic acids is 1. The molecule has 0 aromatic heterocycles. The van der Waals surface area contributed by atoms with Gasteiger partial charge in [-0.2, -0.15) is 17.0 Å². The zero-order chi connectivity index (χ0) is 15.0. The number of thioether (sulfide) groups is 1. The van der Waals surface area contributed by atoms with Gasteiger partial charge >= 0.3 is 5.97 Å². The first kappa shape index (κ1) is 16.0. The number of anilines is 1. The second-order valence-electron chi connectivity index (χ2n) is 4.02. The van der Waals surface area contributed by atoms with Crippen molar-refractivity contribution >= 4 is 29.3 Å². The summed E-state index contributed by atoms with van der Waals surface area (Å²) in [6.45, 7) is 0. The molecule has 1 rings (SSSR count). The Kier molecular flexibility index (Phi) is 6.56. The molecule has 0 radical (unpaired) electrons. The first-order valence-corrected chi connectivity index (χ1v) is 7.04. The van der Waals surface area contributed by atoms with Crippen molar-refractivity contribution in [3.05, 3.63) is 29.8 Å². The molecule has 0 aliphatic heterocycles. The Morgan fingerprint density at radius 1 is 1.40 bits per heavy atom. The molecule has 0 saturated carbocycles. The molecule has 20 heavy (non-hydrogen) atoms. The van der Waals surface area contributed by atoms with E-state index in [1.165, 1.54) is 11.8 Å². The number of amides is 1. The summed E-state index contributed by atoms with van der Waals surface area (Å²) in [6.07, 6.45) is 0.324. The molecule has 7 heteroatoms. The lowest BCUT2D eigenvalue weighted by Gasteiger charge is -2.07. The number of benzene rings is 1. The standard InChI is InChI=1S/C13H15N3O3S/c14-7-9-1-3-10(4-2-9)16-12(17)8-20-6-5-11(15)13(18)19/h1-4,11H,5-6,8,15H2,(H,16,17)(H,18,19). The lowest BCUT2D eigenvalue weighted by atomic mass is 10.2. The Morgan fingerprint density at radius 2 is 2.05 bits per heavy atom. The van der Waals surface area contributed by atoms with Crippen LogP contribution in [0.4, 0.5) is 5.69 Å². The van der Waals surface area contributed by atoms with Crippen LogP contribution in [0.25, 0.3) is 0 Å². The van der Waals surface area contributed by atoms with Gasteiger partial charge in [0.25, 0.3) is 0 Å². The molecule has 1 atom stereocenters. The Hall–Kier alpha value is -2.04. The fraction of sp³-hybridized carbons (Fsp3) is 0.308. The number of carbonyl (C=O) groups is 2. The second kappa shape index (κ2) is 8.19. The first-order chi connectivity index (χ1) is 9.52. The number of carboxylic acid groups (broad SMARTS) is 1. The maximum absolute atomic E-state index is 11.6. The van der Waals surface area contributed by atoms with Gasteiger partial charge in [-0.1, -0.05) is 0 Å². The van der Waals surface area contributed by atoms with Crippen molar-refractivity contribution in [1.29, 1.82) is 5.26 Å². The van der Waals surface area contributed by atoms with E-state index < -0.39 is 12.0 Å². The van der Waals surface area contributed by atoms with Crippen LogP contribution >= 0.6 is 11.8 Å². The van der Waals surface area contributed by atoms with Gasteiger partial charge in [-0.3, -0.25) is 9.59 Å². The number of aliphatic carboxylic acids is 1. The van der Waals surface area contributed by atoms with Crippen molar-refractivity contribution in [3.8, 4) is 6.07 Å². The Bertz CT molecular complexity index is 511. The minimum atomic E-state index is -1.03. The van der Waals surface area contributed by atoms with Gasteiger partial charge in [0.05, 0.1) is 17.4 Å². The Morgan fingerprint density at radius 3 is 2.60 bits per heavy atom. The molecule has 0 aliphatic rings. The minimum Gasteiger partial charge on any atom is -0.480 e. The Balaban J connectivity index is 2.26. The first-order valence-electron chi connectivity index (χ1n) is 5.89. The molecular formula is C13H15N3O3S. The fourth-order valence-corrected chi connectivity index (χ4v) is 2.15. The molecule has 1 unspecified atom stereocenters. The molecule has 6 nitrogen and oxygen atoms in total. The van der Waals surface area contributed by atoms with Crippen LogP contribution in [0.3, 0.4) is 0 Å². The predicted molar refractivity (Wildman–Crippen MR) is 77.3 cm³/mol. The highest BCUT2D eigenvalue weighted by atomic mass is 32.2. The number of nitrogens with two attached hydrogens (primary N) is 1. The summed E-state index contributed by atoms with van der Waals surface area (Å²) >= 11 is 1.33. The van der Waals surface area contributed by atoms with Gasteiger partial charge in [0.15, 0.2) is 0 Å².